The summed E-state index contributed by atoms with van der Waals surface area (Å²) in [5.74, 6) is 0.0857. The first-order chi connectivity index (χ1) is 10.5. The number of piperazine rings is 1. The Labute approximate surface area is 131 Å². The van der Waals surface area contributed by atoms with Crippen LogP contribution in [-0.4, -0.2) is 58.4 Å². The number of aromatic nitrogens is 2. The molecule has 1 aromatic heterocycles. The summed E-state index contributed by atoms with van der Waals surface area (Å²) in [5, 5.41) is 0. The van der Waals surface area contributed by atoms with Crippen molar-refractivity contribution in [3.8, 4) is 0 Å². The average Bonchev–Trinajstić information content (AvgIpc) is 2.47. The fourth-order valence-corrected chi connectivity index (χ4v) is 2.97. The molecule has 1 amide bonds. The molecule has 0 saturated carbocycles. The molecule has 1 aliphatic heterocycles. The summed E-state index contributed by atoms with van der Waals surface area (Å²) in [7, 11) is 2.09. The number of likely N-dealkylation sites (N-methyl/N-ethyl adjacent to an activating group) is 1. The monoisotopic (exact) mass is 298 g/mol. The Morgan fingerprint density at radius 3 is 2.50 bits per heavy atom. The standard InChI is InChI=1S/C17H22N4O/c1-11-10-20(4)7-8-21(11)17(22)14-5-6-15-16(9-14)19-13(3)12(2)18-15/h5-6,9,11H,7-8,10H2,1-4H3. The number of amides is 1. The van der Waals surface area contributed by atoms with Crippen LogP contribution in [0, 0.1) is 13.8 Å². The van der Waals surface area contributed by atoms with Crippen LogP contribution in [0.2, 0.25) is 0 Å². The fraction of sp³-hybridized carbons (Fsp3) is 0.471. The van der Waals surface area contributed by atoms with Gasteiger partial charge >= 0.3 is 0 Å². The van der Waals surface area contributed by atoms with Crippen LogP contribution in [0.3, 0.4) is 0 Å². The number of nitrogens with zero attached hydrogens (tertiary/aromatic N) is 4. The molecule has 2 heterocycles. The Hall–Kier alpha value is -2.01. The predicted molar refractivity (Wildman–Crippen MR) is 87.0 cm³/mol. The molecule has 2 aromatic rings. The number of rotatable bonds is 1. The minimum absolute atomic E-state index is 0.0857. The third kappa shape index (κ3) is 2.68. The van der Waals surface area contributed by atoms with Gasteiger partial charge in [-0.25, -0.2) is 9.97 Å². The number of fused-ring (bicyclic) bond motifs is 1. The topological polar surface area (TPSA) is 49.3 Å². The lowest BCUT2D eigenvalue weighted by atomic mass is 10.1. The summed E-state index contributed by atoms with van der Waals surface area (Å²) in [6.07, 6.45) is 0. The number of hydrogen-bond acceptors (Lipinski definition) is 4. The van der Waals surface area contributed by atoms with Gasteiger partial charge in [-0.05, 0) is 46.0 Å². The number of aryl methyl sites for hydroxylation is 2. The molecule has 1 aromatic carbocycles. The van der Waals surface area contributed by atoms with Crippen molar-refractivity contribution in [2.24, 2.45) is 0 Å². The highest BCUT2D eigenvalue weighted by atomic mass is 16.2. The predicted octanol–water partition coefficient (Wildman–Crippen LogP) is 2.02. The molecule has 1 unspecified atom stereocenters. The van der Waals surface area contributed by atoms with Gasteiger partial charge in [0.1, 0.15) is 0 Å². The van der Waals surface area contributed by atoms with Gasteiger partial charge in [-0.2, -0.15) is 0 Å². The van der Waals surface area contributed by atoms with E-state index in [2.05, 4.69) is 28.8 Å². The van der Waals surface area contributed by atoms with Crippen molar-refractivity contribution in [3.63, 3.8) is 0 Å². The van der Waals surface area contributed by atoms with E-state index in [1.165, 1.54) is 0 Å². The van der Waals surface area contributed by atoms with E-state index in [1.807, 2.05) is 36.9 Å². The minimum Gasteiger partial charge on any atom is -0.333 e. The van der Waals surface area contributed by atoms with Crippen LogP contribution < -0.4 is 0 Å². The maximum atomic E-state index is 12.8. The quantitative estimate of drug-likeness (QED) is 0.808. The van der Waals surface area contributed by atoms with E-state index in [0.717, 1.165) is 42.1 Å². The Morgan fingerprint density at radius 1 is 1.14 bits per heavy atom. The highest BCUT2D eigenvalue weighted by molar-refractivity contribution is 5.97. The number of carbonyl (C=O) groups is 1. The van der Waals surface area contributed by atoms with Crippen molar-refractivity contribution in [2.45, 2.75) is 26.8 Å². The van der Waals surface area contributed by atoms with Crippen LogP contribution in [0.25, 0.3) is 11.0 Å². The second-order valence-electron chi connectivity index (χ2n) is 6.21. The second kappa shape index (κ2) is 5.65. The lowest BCUT2D eigenvalue weighted by Crippen LogP contribution is -2.52. The SMILES string of the molecule is Cc1nc2ccc(C(=O)N3CCN(C)CC3C)cc2nc1C. The molecule has 3 rings (SSSR count). The molecular weight excluding hydrogens is 276 g/mol. The first-order valence-corrected chi connectivity index (χ1v) is 7.70. The molecule has 0 spiro atoms. The minimum atomic E-state index is 0.0857. The molecule has 1 aliphatic rings. The van der Waals surface area contributed by atoms with Crippen LogP contribution in [0.15, 0.2) is 18.2 Å². The van der Waals surface area contributed by atoms with Gasteiger partial charge < -0.3 is 9.80 Å². The molecule has 1 saturated heterocycles. The van der Waals surface area contributed by atoms with Gasteiger partial charge in [-0.1, -0.05) is 0 Å². The van der Waals surface area contributed by atoms with Crippen LogP contribution in [-0.2, 0) is 0 Å². The summed E-state index contributed by atoms with van der Waals surface area (Å²) < 4.78 is 0. The zero-order chi connectivity index (χ0) is 15.9. The van der Waals surface area contributed by atoms with E-state index < -0.39 is 0 Å². The maximum Gasteiger partial charge on any atom is 0.254 e. The van der Waals surface area contributed by atoms with E-state index in [9.17, 15) is 4.79 Å². The van der Waals surface area contributed by atoms with Gasteiger partial charge in [-0.3, -0.25) is 4.79 Å². The molecule has 22 heavy (non-hydrogen) atoms. The number of hydrogen-bond donors (Lipinski definition) is 0. The summed E-state index contributed by atoms with van der Waals surface area (Å²) >= 11 is 0. The Morgan fingerprint density at radius 2 is 1.82 bits per heavy atom. The summed E-state index contributed by atoms with van der Waals surface area (Å²) in [6.45, 7) is 8.60. The van der Waals surface area contributed by atoms with Gasteiger partial charge in [0, 0.05) is 31.2 Å². The first-order valence-electron chi connectivity index (χ1n) is 7.70. The highest BCUT2D eigenvalue weighted by Gasteiger charge is 2.26. The number of carbonyl (C=O) groups excluding carboxylic acids is 1. The fourth-order valence-electron chi connectivity index (χ4n) is 2.97. The van der Waals surface area contributed by atoms with Crippen molar-refractivity contribution in [3.05, 3.63) is 35.2 Å². The molecule has 0 radical (unpaired) electrons. The lowest BCUT2D eigenvalue weighted by Gasteiger charge is -2.38. The van der Waals surface area contributed by atoms with Crippen LogP contribution in [0.5, 0.6) is 0 Å². The van der Waals surface area contributed by atoms with E-state index in [0.29, 0.717) is 5.56 Å². The third-order valence-corrected chi connectivity index (χ3v) is 4.41. The van der Waals surface area contributed by atoms with Gasteiger partial charge in [0.2, 0.25) is 0 Å². The first kappa shape index (κ1) is 14.9. The van der Waals surface area contributed by atoms with Crippen molar-refractivity contribution in [2.75, 3.05) is 26.7 Å². The summed E-state index contributed by atoms with van der Waals surface area (Å²) in [4.78, 5) is 26.1. The van der Waals surface area contributed by atoms with Crippen molar-refractivity contribution in [1.82, 2.24) is 19.8 Å². The van der Waals surface area contributed by atoms with Gasteiger partial charge in [-0.15, -0.1) is 0 Å². The largest absolute Gasteiger partial charge is 0.333 e. The normalized spacial score (nSPS) is 19.6. The van der Waals surface area contributed by atoms with Crippen LogP contribution >= 0.6 is 0 Å². The molecule has 0 bridgehead atoms. The van der Waals surface area contributed by atoms with E-state index in [-0.39, 0.29) is 11.9 Å². The molecule has 1 fully saturated rings. The van der Waals surface area contributed by atoms with Crippen molar-refractivity contribution in [1.29, 1.82) is 0 Å². The summed E-state index contributed by atoms with van der Waals surface area (Å²) in [5.41, 5.74) is 4.16. The van der Waals surface area contributed by atoms with Gasteiger partial charge in [0.15, 0.2) is 0 Å². The third-order valence-electron chi connectivity index (χ3n) is 4.41. The molecule has 0 aliphatic carbocycles. The van der Waals surface area contributed by atoms with E-state index >= 15 is 0 Å². The lowest BCUT2D eigenvalue weighted by molar-refractivity contribution is 0.0533. The maximum absolute atomic E-state index is 12.8. The Bertz CT molecular complexity index is 728. The van der Waals surface area contributed by atoms with E-state index in [4.69, 9.17) is 0 Å². The molecular formula is C17H22N4O. The number of benzene rings is 1. The zero-order valence-corrected chi connectivity index (χ0v) is 13.6. The van der Waals surface area contributed by atoms with Crippen LogP contribution in [0.4, 0.5) is 0 Å². The molecule has 5 nitrogen and oxygen atoms in total. The van der Waals surface area contributed by atoms with Gasteiger partial charge in [0.25, 0.3) is 5.91 Å². The molecule has 116 valence electrons. The molecule has 5 heteroatoms. The molecule has 0 N–H and O–H groups in total. The van der Waals surface area contributed by atoms with Gasteiger partial charge in [0.05, 0.1) is 22.4 Å². The van der Waals surface area contributed by atoms with Crippen molar-refractivity contribution >= 4 is 16.9 Å². The van der Waals surface area contributed by atoms with Crippen LogP contribution in [0.1, 0.15) is 28.7 Å². The molecule has 1 atom stereocenters. The Balaban J connectivity index is 1.92. The van der Waals surface area contributed by atoms with Crippen molar-refractivity contribution < 1.29 is 4.79 Å². The van der Waals surface area contributed by atoms with E-state index in [1.54, 1.807) is 0 Å². The second-order valence-corrected chi connectivity index (χ2v) is 6.21. The highest BCUT2D eigenvalue weighted by Crippen LogP contribution is 2.18. The summed E-state index contributed by atoms with van der Waals surface area (Å²) in [6, 6.07) is 5.84. The zero-order valence-electron chi connectivity index (χ0n) is 13.6. The Kier molecular flexibility index (Phi) is 3.83. The smallest absolute Gasteiger partial charge is 0.254 e. The average molecular weight is 298 g/mol.